The van der Waals surface area contributed by atoms with Crippen molar-refractivity contribution in [1.82, 2.24) is 0 Å². The number of aliphatic hydroxyl groups excluding tert-OH is 1. The number of rotatable bonds is 3. The van der Waals surface area contributed by atoms with E-state index in [2.05, 4.69) is 29.6 Å². The van der Waals surface area contributed by atoms with E-state index < -0.39 is 0 Å². The molecule has 68 valence electrons. The summed E-state index contributed by atoms with van der Waals surface area (Å²) in [5.74, 6) is 13.3. The summed E-state index contributed by atoms with van der Waals surface area (Å²) in [4.78, 5) is 0. The number of unbranched alkanes of at least 4 members (excludes halogenated alkanes) is 1. The largest absolute Gasteiger partial charge is 0.384 e. The van der Waals surface area contributed by atoms with Crippen LogP contribution in [0.2, 0.25) is 0 Å². The molecule has 0 aliphatic carbocycles. The van der Waals surface area contributed by atoms with Crippen LogP contribution in [0, 0.1) is 36.0 Å². The van der Waals surface area contributed by atoms with Crippen molar-refractivity contribution in [3.8, 4) is 36.0 Å². The Bertz CT molecular complexity index is 264. The Balaban J connectivity index is 3.26. The summed E-state index contributed by atoms with van der Waals surface area (Å²) in [7, 11) is 0. The first-order valence-electron chi connectivity index (χ1n) is 3.95. The van der Waals surface area contributed by atoms with E-state index in [1.165, 1.54) is 0 Å². The molecule has 0 radical (unpaired) electrons. The second-order valence-corrected chi connectivity index (χ2v) is 2.06. The molecule has 0 unspecified atom stereocenters. The monoisotopic (exact) mass is 176 g/mol. The zero-order valence-corrected chi connectivity index (χ0v) is 7.47. The van der Waals surface area contributed by atoms with Crippen molar-refractivity contribution in [3.05, 3.63) is 0 Å². The zero-order valence-electron chi connectivity index (χ0n) is 7.47. The average molecular weight is 176 g/mol. The first-order valence-corrected chi connectivity index (χ1v) is 3.95. The lowest BCUT2D eigenvalue weighted by atomic mass is 10.3. The second-order valence-electron chi connectivity index (χ2n) is 2.06. The van der Waals surface area contributed by atoms with Gasteiger partial charge >= 0.3 is 0 Å². The minimum absolute atomic E-state index is 0.0846. The van der Waals surface area contributed by atoms with E-state index in [0.717, 1.165) is 0 Å². The molecule has 0 heterocycles. The lowest BCUT2D eigenvalue weighted by molar-refractivity contribution is 0.204. The van der Waals surface area contributed by atoms with Crippen LogP contribution in [0.15, 0.2) is 0 Å². The standard InChI is InChI=1S/C11H12O2/c1-2-10-13-11-8-6-4-3-5-7-9-12/h1,12H,3-4,9-11H2. The summed E-state index contributed by atoms with van der Waals surface area (Å²) in [6, 6.07) is 0. The zero-order chi connectivity index (χ0) is 9.78. The van der Waals surface area contributed by atoms with Crippen molar-refractivity contribution >= 4 is 0 Å². The Morgan fingerprint density at radius 1 is 1.00 bits per heavy atom. The highest BCUT2D eigenvalue weighted by Gasteiger charge is 1.76. The van der Waals surface area contributed by atoms with Gasteiger partial charge in [-0.2, -0.15) is 0 Å². The van der Waals surface area contributed by atoms with Gasteiger partial charge in [0.2, 0.25) is 0 Å². The Labute approximate surface area is 79.3 Å². The van der Waals surface area contributed by atoms with Crippen LogP contribution >= 0.6 is 0 Å². The fourth-order valence-corrected chi connectivity index (χ4v) is 0.570. The van der Waals surface area contributed by atoms with E-state index in [1.807, 2.05) is 0 Å². The van der Waals surface area contributed by atoms with E-state index in [1.54, 1.807) is 0 Å². The molecule has 0 saturated heterocycles. The normalized spacial score (nSPS) is 7.38. The average Bonchev–Trinajstić information content (AvgIpc) is 2.16. The topological polar surface area (TPSA) is 29.5 Å². The van der Waals surface area contributed by atoms with Crippen molar-refractivity contribution in [2.75, 3.05) is 19.8 Å². The first-order chi connectivity index (χ1) is 6.41. The molecule has 2 nitrogen and oxygen atoms in total. The molecule has 0 spiro atoms. The van der Waals surface area contributed by atoms with Gasteiger partial charge in [-0.05, 0) is 0 Å². The quantitative estimate of drug-likeness (QED) is 0.498. The summed E-state index contributed by atoms with van der Waals surface area (Å²) in [6.45, 7) is 0.593. The molecular formula is C11H12O2. The van der Waals surface area contributed by atoms with Crippen molar-refractivity contribution in [2.24, 2.45) is 0 Å². The third-order valence-electron chi connectivity index (χ3n) is 1.06. The predicted octanol–water partition coefficient (Wildman–Crippen LogP) is 0.416. The molecule has 13 heavy (non-hydrogen) atoms. The van der Waals surface area contributed by atoms with E-state index in [-0.39, 0.29) is 6.61 Å². The van der Waals surface area contributed by atoms with Crippen LogP contribution < -0.4 is 0 Å². The Hall–Kier alpha value is -1.40. The highest BCUT2D eigenvalue weighted by Crippen LogP contribution is 1.82. The van der Waals surface area contributed by atoms with E-state index in [0.29, 0.717) is 26.1 Å². The molecule has 0 aliphatic heterocycles. The molecule has 0 aromatic heterocycles. The van der Waals surface area contributed by atoms with Crippen LogP contribution in [-0.4, -0.2) is 24.9 Å². The molecule has 0 aliphatic rings. The van der Waals surface area contributed by atoms with Crippen LogP contribution in [0.5, 0.6) is 0 Å². The number of hydrogen-bond donors (Lipinski definition) is 1. The molecule has 0 rings (SSSR count). The molecule has 0 atom stereocenters. The van der Waals surface area contributed by atoms with Crippen molar-refractivity contribution in [3.63, 3.8) is 0 Å². The SMILES string of the molecule is C#CCOCC#CCCC#CCO. The molecule has 0 aromatic rings. The van der Waals surface area contributed by atoms with Gasteiger partial charge in [0.1, 0.15) is 19.8 Å². The van der Waals surface area contributed by atoms with Gasteiger partial charge in [0.05, 0.1) is 0 Å². The lowest BCUT2D eigenvalue weighted by Gasteiger charge is -1.88. The van der Waals surface area contributed by atoms with Gasteiger partial charge < -0.3 is 9.84 Å². The fourth-order valence-electron chi connectivity index (χ4n) is 0.570. The maximum absolute atomic E-state index is 8.32. The van der Waals surface area contributed by atoms with Gasteiger partial charge in [-0.25, -0.2) is 0 Å². The highest BCUT2D eigenvalue weighted by molar-refractivity contribution is 5.05. The van der Waals surface area contributed by atoms with Gasteiger partial charge in [-0.1, -0.05) is 29.6 Å². The maximum atomic E-state index is 8.32. The van der Waals surface area contributed by atoms with Gasteiger partial charge in [-0.3, -0.25) is 0 Å². The number of aliphatic hydroxyl groups is 1. The van der Waals surface area contributed by atoms with E-state index >= 15 is 0 Å². The molecule has 0 fully saturated rings. The summed E-state index contributed by atoms with van der Waals surface area (Å²) in [5, 5.41) is 8.32. The van der Waals surface area contributed by atoms with Crippen LogP contribution in [0.1, 0.15) is 12.8 Å². The predicted molar refractivity (Wildman–Crippen MR) is 51.5 cm³/mol. The molecule has 0 amide bonds. The van der Waals surface area contributed by atoms with Crippen LogP contribution in [0.25, 0.3) is 0 Å². The minimum atomic E-state index is -0.0846. The molecular weight excluding hydrogens is 164 g/mol. The summed E-state index contributed by atoms with van der Waals surface area (Å²) >= 11 is 0. The lowest BCUT2D eigenvalue weighted by Crippen LogP contribution is -1.90. The fraction of sp³-hybridized carbons (Fsp3) is 0.455. The first kappa shape index (κ1) is 11.6. The van der Waals surface area contributed by atoms with Crippen LogP contribution in [-0.2, 0) is 4.74 Å². The Kier molecular flexibility index (Phi) is 9.46. The number of terminal acetylenes is 1. The summed E-state index contributed by atoms with van der Waals surface area (Å²) in [5.41, 5.74) is 0. The van der Waals surface area contributed by atoms with Gasteiger partial charge in [-0.15, -0.1) is 6.42 Å². The van der Waals surface area contributed by atoms with E-state index in [9.17, 15) is 0 Å². The molecule has 0 saturated carbocycles. The summed E-state index contributed by atoms with van der Waals surface area (Å²) in [6.07, 6.45) is 6.34. The van der Waals surface area contributed by atoms with Crippen molar-refractivity contribution < 1.29 is 9.84 Å². The third-order valence-corrected chi connectivity index (χ3v) is 1.06. The molecule has 0 aromatic carbocycles. The van der Waals surface area contributed by atoms with Crippen LogP contribution in [0.3, 0.4) is 0 Å². The minimum Gasteiger partial charge on any atom is -0.384 e. The van der Waals surface area contributed by atoms with Crippen molar-refractivity contribution in [2.45, 2.75) is 12.8 Å². The van der Waals surface area contributed by atoms with Gasteiger partial charge in [0.15, 0.2) is 0 Å². The van der Waals surface area contributed by atoms with Crippen molar-refractivity contribution in [1.29, 1.82) is 0 Å². The maximum Gasteiger partial charge on any atom is 0.109 e. The Morgan fingerprint density at radius 2 is 1.69 bits per heavy atom. The summed E-state index contributed by atoms with van der Waals surface area (Å²) < 4.78 is 4.92. The number of hydrogen-bond acceptors (Lipinski definition) is 2. The van der Waals surface area contributed by atoms with E-state index in [4.69, 9.17) is 16.3 Å². The third kappa shape index (κ3) is 10.6. The molecule has 0 bridgehead atoms. The van der Waals surface area contributed by atoms with Gasteiger partial charge in [0.25, 0.3) is 0 Å². The second kappa shape index (κ2) is 10.6. The van der Waals surface area contributed by atoms with Crippen LogP contribution in [0.4, 0.5) is 0 Å². The molecule has 1 N–H and O–H groups in total. The highest BCUT2D eigenvalue weighted by atomic mass is 16.5. The van der Waals surface area contributed by atoms with Gasteiger partial charge in [0, 0.05) is 12.8 Å². The smallest absolute Gasteiger partial charge is 0.109 e. The number of ether oxygens (including phenoxy) is 1. The molecule has 2 heteroatoms. The Morgan fingerprint density at radius 3 is 2.31 bits per heavy atom.